The van der Waals surface area contributed by atoms with Crippen molar-refractivity contribution in [2.24, 2.45) is 0 Å². The van der Waals surface area contributed by atoms with Crippen LogP contribution in [0.3, 0.4) is 0 Å². The molecule has 64 valence electrons. The van der Waals surface area contributed by atoms with Gasteiger partial charge in [0.25, 0.3) is 0 Å². The second kappa shape index (κ2) is 3.53. The summed E-state index contributed by atoms with van der Waals surface area (Å²) in [5, 5.41) is 11.2. The molecule has 0 aromatic heterocycles. The molecule has 0 rings (SSSR count). The van der Waals surface area contributed by atoms with Crippen molar-refractivity contribution in [2.45, 2.75) is 26.3 Å². The number of carboxylic acids is 1. The van der Waals surface area contributed by atoms with Gasteiger partial charge >= 0.3 is 5.97 Å². The molecule has 0 spiro atoms. The summed E-state index contributed by atoms with van der Waals surface area (Å²) in [6.07, 6.45) is 0. The average Bonchev–Trinajstić information content (AvgIpc) is 1.84. The van der Waals surface area contributed by atoms with E-state index in [1.54, 1.807) is 0 Å². The standard InChI is InChI=1S/C8H15NO2/c1-6(2)8(3,4)9-5-7(10)11/h9H,1,5H2,2-4H3,(H,10,11). The minimum absolute atomic E-state index is 0.0279. The highest BCUT2D eigenvalue weighted by molar-refractivity contribution is 5.69. The van der Waals surface area contributed by atoms with Crippen LogP contribution in [0.25, 0.3) is 0 Å². The van der Waals surface area contributed by atoms with Gasteiger partial charge in [-0.15, -0.1) is 0 Å². The molecule has 0 saturated carbocycles. The molecular formula is C8H15NO2. The zero-order chi connectivity index (χ0) is 9.07. The lowest BCUT2D eigenvalue weighted by Gasteiger charge is -2.25. The monoisotopic (exact) mass is 157 g/mol. The number of aliphatic carboxylic acids is 1. The third-order valence-corrected chi connectivity index (χ3v) is 1.75. The van der Waals surface area contributed by atoms with E-state index in [0.717, 1.165) is 5.57 Å². The van der Waals surface area contributed by atoms with Gasteiger partial charge in [0.05, 0.1) is 6.54 Å². The first kappa shape index (κ1) is 10.2. The molecule has 0 heterocycles. The first-order valence-corrected chi connectivity index (χ1v) is 3.49. The number of carboxylic acid groups (broad SMARTS) is 1. The molecule has 0 aliphatic heterocycles. The molecule has 0 atom stereocenters. The van der Waals surface area contributed by atoms with E-state index in [9.17, 15) is 4.79 Å². The van der Waals surface area contributed by atoms with Gasteiger partial charge in [0.15, 0.2) is 0 Å². The van der Waals surface area contributed by atoms with Gasteiger partial charge in [0.1, 0.15) is 0 Å². The van der Waals surface area contributed by atoms with E-state index in [-0.39, 0.29) is 12.1 Å². The quantitative estimate of drug-likeness (QED) is 0.599. The maximum absolute atomic E-state index is 10.2. The number of hydrogen-bond donors (Lipinski definition) is 2. The first-order valence-electron chi connectivity index (χ1n) is 3.49. The van der Waals surface area contributed by atoms with Gasteiger partial charge in [-0.1, -0.05) is 12.2 Å². The van der Waals surface area contributed by atoms with E-state index in [2.05, 4.69) is 11.9 Å². The topological polar surface area (TPSA) is 49.3 Å². The highest BCUT2D eigenvalue weighted by atomic mass is 16.4. The van der Waals surface area contributed by atoms with Gasteiger partial charge in [-0.25, -0.2) is 0 Å². The van der Waals surface area contributed by atoms with Gasteiger partial charge in [-0.3, -0.25) is 10.1 Å². The number of carbonyl (C=O) groups is 1. The molecule has 3 nitrogen and oxygen atoms in total. The van der Waals surface area contributed by atoms with Crippen LogP contribution in [0, 0.1) is 0 Å². The largest absolute Gasteiger partial charge is 0.480 e. The maximum atomic E-state index is 10.2. The highest BCUT2D eigenvalue weighted by Crippen LogP contribution is 2.11. The fourth-order valence-electron chi connectivity index (χ4n) is 0.447. The Labute approximate surface area is 67.1 Å². The molecule has 11 heavy (non-hydrogen) atoms. The fraction of sp³-hybridized carbons (Fsp3) is 0.625. The molecule has 0 amide bonds. The van der Waals surface area contributed by atoms with Crippen LogP contribution in [0.1, 0.15) is 20.8 Å². The van der Waals surface area contributed by atoms with Crippen LogP contribution in [-0.4, -0.2) is 23.2 Å². The van der Waals surface area contributed by atoms with Crippen LogP contribution in [-0.2, 0) is 4.79 Å². The van der Waals surface area contributed by atoms with Crippen LogP contribution in [0.2, 0.25) is 0 Å². The summed E-state index contributed by atoms with van der Waals surface area (Å²) >= 11 is 0. The molecule has 0 aromatic carbocycles. The Morgan fingerprint density at radius 3 is 2.36 bits per heavy atom. The summed E-state index contributed by atoms with van der Waals surface area (Å²) in [4.78, 5) is 10.2. The number of rotatable bonds is 4. The lowest BCUT2D eigenvalue weighted by atomic mass is 9.97. The molecule has 0 saturated heterocycles. The predicted octanol–water partition coefficient (Wildman–Crippen LogP) is 1.02. The van der Waals surface area contributed by atoms with Crippen LogP contribution in [0.4, 0.5) is 0 Å². The van der Waals surface area contributed by atoms with Crippen LogP contribution in [0.15, 0.2) is 12.2 Å². The molecule has 0 unspecified atom stereocenters. The fourth-order valence-corrected chi connectivity index (χ4v) is 0.447. The minimum Gasteiger partial charge on any atom is -0.480 e. The van der Waals surface area contributed by atoms with Crippen molar-refractivity contribution in [3.05, 3.63) is 12.2 Å². The minimum atomic E-state index is -0.848. The molecule has 0 bridgehead atoms. The molecule has 0 radical (unpaired) electrons. The molecular weight excluding hydrogens is 142 g/mol. The summed E-state index contributed by atoms with van der Waals surface area (Å²) in [7, 11) is 0. The van der Waals surface area contributed by atoms with E-state index in [0.29, 0.717) is 0 Å². The Balaban J connectivity index is 3.92. The van der Waals surface area contributed by atoms with E-state index < -0.39 is 5.97 Å². The second-order valence-corrected chi connectivity index (χ2v) is 3.15. The predicted molar refractivity (Wildman–Crippen MR) is 44.5 cm³/mol. The summed E-state index contributed by atoms with van der Waals surface area (Å²) < 4.78 is 0. The van der Waals surface area contributed by atoms with E-state index >= 15 is 0 Å². The lowest BCUT2D eigenvalue weighted by molar-refractivity contribution is -0.136. The van der Waals surface area contributed by atoms with Gasteiger partial charge in [0.2, 0.25) is 0 Å². The van der Waals surface area contributed by atoms with Crippen molar-refractivity contribution in [1.82, 2.24) is 5.32 Å². The van der Waals surface area contributed by atoms with E-state index in [1.807, 2.05) is 20.8 Å². The third kappa shape index (κ3) is 3.78. The smallest absolute Gasteiger partial charge is 0.317 e. The van der Waals surface area contributed by atoms with Gasteiger partial charge in [0, 0.05) is 5.54 Å². The van der Waals surface area contributed by atoms with Crippen molar-refractivity contribution in [3.63, 3.8) is 0 Å². The normalized spacial score (nSPS) is 11.2. The summed E-state index contributed by atoms with van der Waals surface area (Å²) in [6.45, 7) is 9.39. The Hall–Kier alpha value is -0.830. The van der Waals surface area contributed by atoms with Gasteiger partial charge in [-0.05, 0) is 20.8 Å². The van der Waals surface area contributed by atoms with E-state index in [4.69, 9.17) is 5.11 Å². The highest BCUT2D eigenvalue weighted by Gasteiger charge is 2.18. The van der Waals surface area contributed by atoms with Crippen molar-refractivity contribution < 1.29 is 9.90 Å². The van der Waals surface area contributed by atoms with Gasteiger partial charge in [-0.2, -0.15) is 0 Å². The molecule has 0 fully saturated rings. The molecule has 0 aliphatic carbocycles. The van der Waals surface area contributed by atoms with Crippen molar-refractivity contribution in [2.75, 3.05) is 6.54 Å². The van der Waals surface area contributed by atoms with E-state index in [1.165, 1.54) is 0 Å². The Kier molecular flexibility index (Phi) is 3.26. The summed E-state index contributed by atoms with van der Waals surface area (Å²) in [6, 6.07) is 0. The average molecular weight is 157 g/mol. The SMILES string of the molecule is C=C(C)C(C)(C)NCC(=O)O. The van der Waals surface area contributed by atoms with Crippen molar-refractivity contribution >= 4 is 5.97 Å². The second-order valence-electron chi connectivity index (χ2n) is 3.15. The summed E-state index contributed by atoms with van der Waals surface area (Å²) in [5.74, 6) is -0.848. The zero-order valence-electron chi connectivity index (χ0n) is 7.27. The Bertz CT molecular complexity index is 173. The van der Waals surface area contributed by atoms with Crippen LogP contribution < -0.4 is 5.32 Å². The molecule has 3 heteroatoms. The number of hydrogen-bond acceptors (Lipinski definition) is 2. The number of nitrogens with one attached hydrogen (secondary N) is 1. The van der Waals surface area contributed by atoms with Crippen LogP contribution >= 0.6 is 0 Å². The lowest BCUT2D eigenvalue weighted by Crippen LogP contribution is -2.42. The Morgan fingerprint density at radius 1 is 1.64 bits per heavy atom. The molecule has 0 aliphatic rings. The first-order chi connectivity index (χ1) is 4.86. The maximum Gasteiger partial charge on any atom is 0.317 e. The van der Waals surface area contributed by atoms with Crippen molar-refractivity contribution in [3.8, 4) is 0 Å². The van der Waals surface area contributed by atoms with Crippen LogP contribution in [0.5, 0.6) is 0 Å². The zero-order valence-corrected chi connectivity index (χ0v) is 7.27. The van der Waals surface area contributed by atoms with Gasteiger partial charge < -0.3 is 5.11 Å². The molecule has 0 aromatic rings. The third-order valence-electron chi connectivity index (χ3n) is 1.75. The summed E-state index contributed by atoms with van der Waals surface area (Å²) in [5.41, 5.74) is 0.636. The Morgan fingerprint density at radius 2 is 2.09 bits per heavy atom. The van der Waals surface area contributed by atoms with Crippen molar-refractivity contribution in [1.29, 1.82) is 0 Å². The molecule has 2 N–H and O–H groups in total.